The maximum absolute atomic E-state index is 12.4. The zero-order valence-corrected chi connectivity index (χ0v) is 16.1. The average Bonchev–Trinajstić information content (AvgIpc) is 3.48. The van der Waals surface area contributed by atoms with Gasteiger partial charge in [-0.05, 0) is 42.7 Å². The molecule has 0 unspecified atom stereocenters. The highest BCUT2D eigenvalue weighted by Gasteiger charge is 2.44. The van der Waals surface area contributed by atoms with Gasteiger partial charge in [0.15, 0.2) is 0 Å². The lowest BCUT2D eigenvalue weighted by Gasteiger charge is -2.16. The molecular weight excluding hydrogens is 364 g/mol. The largest absolute Gasteiger partial charge is 0.383 e. The van der Waals surface area contributed by atoms with Crippen LogP contribution in [0.4, 0.5) is 0 Å². The predicted octanol–water partition coefficient (Wildman–Crippen LogP) is 2.07. The van der Waals surface area contributed by atoms with Gasteiger partial charge in [-0.3, -0.25) is 4.79 Å². The summed E-state index contributed by atoms with van der Waals surface area (Å²) in [7, 11) is -2.09. The monoisotopic (exact) mass is 388 g/mol. The van der Waals surface area contributed by atoms with Crippen molar-refractivity contribution in [2.24, 2.45) is 0 Å². The van der Waals surface area contributed by atoms with Crippen molar-refractivity contribution < 1.29 is 17.9 Å². The molecule has 1 aliphatic carbocycles. The summed E-state index contributed by atoms with van der Waals surface area (Å²) in [6.07, 6.45) is 2.11. The Kier molecular flexibility index (Phi) is 5.94. The second-order valence-corrected chi connectivity index (χ2v) is 8.51. The van der Waals surface area contributed by atoms with Gasteiger partial charge >= 0.3 is 0 Å². The van der Waals surface area contributed by atoms with Crippen LogP contribution in [0.5, 0.6) is 0 Å². The van der Waals surface area contributed by atoms with Crippen molar-refractivity contribution in [2.75, 3.05) is 26.8 Å². The number of carbonyl (C=O) groups is 1. The summed E-state index contributed by atoms with van der Waals surface area (Å²) in [6, 6.07) is 16.1. The van der Waals surface area contributed by atoms with Crippen LogP contribution in [0, 0.1) is 0 Å². The first kappa shape index (κ1) is 19.5. The fourth-order valence-electron chi connectivity index (χ4n) is 3.01. The standard InChI is InChI=1S/C20H24N2O4S/c1-26-14-13-22-27(24,25)18-9-7-16(8-10-18)19(23)21-15-20(11-12-20)17-5-3-2-4-6-17/h2-10,22H,11-15H2,1H3,(H,21,23). The smallest absolute Gasteiger partial charge is 0.251 e. The van der Waals surface area contributed by atoms with Crippen LogP contribution in [0.25, 0.3) is 0 Å². The van der Waals surface area contributed by atoms with E-state index in [2.05, 4.69) is 22.2 Å². The van der Waals surface area contributed by atoms with E-state index in [0.717, 1.165) is 12.8 Å². The highest BCUT2D eigenvalue weighted by atomic mass is 32.2. The maximum atomic E-state index is 12.4. The number of amides is 1. The molecule has 2 aromatic rings. The number of rotatable bonds is 9. The first-order chi connectivity index (χ1) is 13.0. The molecule has 1 saturated carbocycles. The number of nitrogens with one attached hydrogen (secondary N) is 2. The number of hydrogen-bond donors (Lipinski definition) is 2. The number of carbonyl (C=O) groups excluding carboxylic acids is 1. The van der Waals surface area contributed by atoms with E-state index in [1.807, 2.05) is 18.2 Å². The quantitative estimate of drug-likeness (QED) is 0.644. The molecule has 27 heavy (non-hydrogen) atoms. The first-order valence-corrected chi connectivity index (χ1v) is 10.4. The zero-order chi connectivity index (χ0) is 19.3. The third kappa shape index (κ3) is 4.74. The molecule has 3 rings (SSSR count). The lowest BCUT2D eigenvalue weighted by atomic mass is 9.96. The highest BCUT2D eigenvalue weighted by Crippen LogP contribution is 2.47. The van der Waals surface area contributed by atoms with Crippen molar-refractivity contribution in [2.45, 2.75) is 23.2 Å². The summed E-state index contributed by atoms with van der Waals surface area (Å²) >= 11 is 0. The van der Waals surface area contributed by atoms with Crippen LogP contribution in [0.15, 0.2) is 59.5 Å². The Morgan fingerprint density at radius 1 is 1.07 bits per heavy atom. The average molecular weight is 388 g/mol. The van der Waals surface area contributed by atoms with E-state index in [1.165, 1.54) is 36.9 Å². The van der Waals surface area contributed by atoms with Gasteiger partial charge in [-0.25, -0.2) is 13.1 Å². The van der Waals surface area contributed by atoms with Gasteiger partial charge in [0, 0.05) is 31.2 Å². The van der Waals surface area contributed by atoms with Gasteiger partial charge in [-0.1, -0.05) is 30.3 Å². The second kappa shape index (κ2) is 8.21. The number of hydrogen-bond acceptors (Lipinski definition) is 4. The van der Waals surface area contributed by atoms with E-state index >= 15 is 0 Å². The number of benzene rings is 2. The van der Waals surface area contributed by atoms with Crippen molar-refractivity contribution in [1.82, 2.24) is 10.0 Å². The van der Waals surface area contributed by atoms with Gasteiger partial charge in [-0.15, -0.1) is 0 Å². The van der Waals surface area contributed by atoms with Gasteiger partial charge in [-0.2, -0.15) is 0 Å². The van der Waals surface area contributed by atoms with Gasteiger partial charge in [0.2, 0.25) is 10.0 Å². The molecule has 2 N–H and O–H groups in total. The van der Waals surface area contributed by atoms with Crippen molar-refractivity contribution in [3.8, 4) is 0 Å². The van der Waals surface area contributed by atoms with Crippen molar-refractivity contribution >= 4 is 15.9 Å². The molecule has 0 atom stereocenters. The van der Waals surface area contributed by atoms with E-state index in [0.29, 0.717) is 18.7 Å². The van der Waals surface area contributed by atoms with Crippen LogP contribution in [-0.2, 0) is 20.2 Å². The predicted molar refractivity (Wildman–Crippen MR) is 103 cm³/mol. The molecule has 0 saturated heterocycles. The lowest BCUT2D eigenvalue weighted by molar-refractivity contribution is 0.0949. The molecule has 1 aliphatic rings. The van der Waals surface area contributed by atoms with Crippen LogP contribution in [0.3, 0.4) is 0 Å². The van der Waals surface area contributed by atoms with Crippen LogP contribution in [0.2, 0.25) is 0 Å². The van der Waals surface area contributed by atoms with Crippen molar-refractivity contribution in [3.63, 3.8) is 0 Å². The number of sulfonamides is 1. The first-order valence-electron chi connectivity index (χ1n) is 8.89. The van der Waals surface area contributed by atoms with E-state index < -0.39 is 10.0 Å². The molecule has 1 amide bonds. The van der Waals surface area contributed by atoms with E-state index in [4.69, 9.17) is 4.74 Å². The minimum Gasteiger partial charge on any atom is -0.383 e. The Hall–Kier alpha value is -2.22. The molecule has 0 radical (unpaired) electrons. The SMILES string of the molecule is COCCNS(=O)(=O)c1ccc(C(=O)NCC2(c3ccccc3)CC2)cc1. The molecule has 2 aromatic carbocycles. The topological polar surface area (TPSA) is 84.5 Å². The summed E-state index contributed by atoms with van der Waals surface area (Å²) in [5, 5.41) is 2.98. The van der Waals surface area contributed by atoms with Gasteiger partial charge < -0.3 is 10.1 Å². The summed E-state index contributed by atoms with van der Waals surface area (Å²) < 4.78 is 31.6. The molecule has 0 aliphatic heterocycles. The van der Waals surface area contributed by atoms with Crippen LogP contribution in [-0.4, -0.2) is 41.1 Å². The molecule has 7 heteroatoms. The minimum absolute atomic E-state index is 0.0332. The van der Waals surface area contributed by atoms with E-state index in [-0.39, 0.29) is 22.8 Å². The molecule has 6 nitrogen and oxygen atoms in total. The minimum atomic E-state index is -3.60. The molecule has 1 fully saturated rings. The summed E-state index contributed by atoms with van der Waals surface area (Å²) in [5.41, 5.74) is 1.72. The summed E-state index contributed by atoms with van der Waals surface area (Å²) in [5.74, 6) is -0.200. The fourth-order valence-corrected chi connectivity index (χ4v) is 4.02. The Balaban J connectivity index is 1.60. The molecule has 0 heterocycles. The van der Waals surface area contributed by atoms with E-state index in [9.17, 15) is 13.2 Å². The molecule has 0 spiro atoms. The molecule has 0 bridgehead atoms. The maximum Gasteiger partial charge on any atom is 0.251 e. The zero-order valence-electron chi connectivity index (χ0n) is 15.3. The molecule has 144 valence electrons. The van der Waals surface area contributed by atoms with Crippen molar-refractivity contribution in [1.29, 1.82) is 0 Å². The fraction of sp³-hybridized carbons (Fsp3) is 0.350. The number of ether oxygens (including phenoxy) is 1. The summed E-state index contributed by atoms with van der Waals surface area (Å²) in [6.45, 7) is 1.07. The Morgan fingerprint density at radius 3 is 2.33 bits per heavy atom. The second-order valence-electron chi connectivity index (χ2n) is 6.74. The van der Waals surface area contributed by atoms with Crippen LogP contribution in [0.1, 0.15) is 28.8 Å². The van der Waals surface area contributed by atoms with Crippen LogP contribution < -0.4 is 10.0 Å². The third-order valence-electron chi connectivity index (χ3n) is 4.85. The Morgan fingerprint density at radius 2 is 1.74 bits per heavy atom. The van der Waals surface area contributed by atoms with Gasteiger partial charge in [0.05, 0.1) is 11.5 Å². The summed E-state index contributed by atoms with van der Waals surface area (Å²) in [4.78, 5) is 12.6. The lowest BCUT2D eigenvalue weighted by Crippen LogP contribution is -2.32. The molecule has 0 aromatic heterocycles. The normalized spacial score (nSPS) is 15.3. The highest BCUT2D eigenvalue weighted by molar-refractivity contribution is 7.89. The Bertz CT molecular complexity index is 876. The van der Waals surface area contributed by atoms with Gasteiger partial charge in [0.1, 0.15) is 0 Å². The van der Waals surface area contributed by atoms with Crippen LogP contribution >= 0.6 is 0 Å². The molecular formula is C20H24N2O4S. The Labute approximate surface area is 160 Å². The van der Waals surface area contributed by atoms with E-state index in [1.54, 1.807) is 0 Å². The number of methoxy groups -OCH3 is 1. The van der Waals surface area contributed by atoms with Crippen molar-refractivity contribution in [3.05, 3.63) is 65.7 Å². The van der Waals surface area contributed by atoms with Gasteiger partial charge in [0.25, 0.3) is 5.91 Å². The third-order valence-corrected chi connectivity index (χ3v) is 6.33.